The molecule has 0 spiro atoms. The molecular weight excluding hydrogens is 491 g/mol. The average Bonchev–Trinajstić information content (AvgIpc) is 3.38. The number of nitrogens with one attached hydrogen (secondary N) is 1. The van der Waals surface area contributed by atoms with Crippen LogP contribution in [-0.2, 0) is 10.5 Å². The normalized spacial score (nSPS) is 11.5. The highest BCUT2D eigenvalue weighted by molar-refractivity contribution is 7.98. The fourth-order valence-corrected chi connectivity index (χ4v) is 4.07. The van der Waals surface area contributed by atoms with E-state index < -0.39 is 17.1 Å². The van der Waals surface area contributed by atoms with Crippen molar-refractivity contribution in [1.82, 2.24) is 19.9 Å². The first-order valence-electron chi connectivity index (χ1n) is 9.75. The Hall–Kier alpha value is -4.20. The molecule has 0 aliphatic rings. The number of benzene rings is 2. The summed E-state index contributed by atoms with van der Waals surface area (Å²) in [5.41, 5.74) is 3.17. The van der Waals surface area contributed by atoms with Gasteiger partial charge < -0.3 is 14.5 Å². The number of aromatic amines is 1. The van der Waals surface area contributed by atoms with E-state index in [0.29, 0.717) is 39.0 Å². The minimum Gasteiger partial charge on any atom is -0.475 e. The van der Waals surface area contributed by atoms with Crippen LogP contribution < -0.4 is 0 Å². The summed E-state index contributed by atoms with van der Waals surface area (Å²) in [6, 6.07) is 12.6. The number of carbonyl (C=O) groups is 1. The second kappa shape index (κ2) is 9.21. The molecule has 3 aromatic heterocycles. The maximum atomic E-state index is 11.2. The summed E-state index contributed by atoms with van der Waals surface area (Å²) in [5.74, 6) is -1.00. The van der Waals surface area contributed by atoms with Gasteiger partial charge in [0.1, 0.15) is 27.8 Å². The number of H-pyrrole nitrogens is 1. The maximum absolute atomic E-state index is 11.2. The van der Waals surface area contributed by atoms with E-state index in [1.54, 1.807) is 12.1 Å². The van der Waals surface area contributed by atoms with Crippen LogP contribution in [0.4, 0.5) is 18.9 Å². The van der Waals surface area contributed by atoms with Gasteiger partial charge in [-0.2, -0.15) is 13.2 Å². The lowest BCUT2D eigenvalue weighted by atomic mass is 10.2. The number of aliphatic carboxylic acids is 1. The number of rotatable bonds is 4. The predicted molar refractivity (Wildman–Crippen MR) is 120 cm³/mol. The first kappa shape index (κ1) is 23.9. The first-order valence-corrected chi connectivity index (χ1v) is 10.7. The number of aryl methyl sites for hydroxylation is 1. The van der Waals surface area contributed by atoms with Crippen molar-refractivity contribution in [3.05, 3.63) is 64.2 Å². The molecule has 0 aliphatic heterocycles. The van der Waals surface area contributed by atoms with Gasteiger partial charge in [0.2, 0.25) is 0 Å². The Morgan fingerprint density at radius 2 is 1.86 bits per heavy atom. The van der Waals surface area contributed by atoms with E-state index in [4.69, 9.17) is 14.3 Å². The number of carboxylic acids is 1. The lowest BCUT2D eigenvalue weighted by molar-refractivity contribution is -0.383. The topological polar surface area (TPSA) is 148 Å². The zero-order chi connectivity index (χ0) is 25.3. The zero-order valence-corrected chi connectivity index (χ0v) is 18.5. The molecule has 35 heavy (non-hydrogen) atoms. The molecule has 0 saturated carbocycles. The lowest BCUT2D eigenvalue weighted by Gasteiger charge is -2.01. The van der Waals surface area contributed by atoms with E-state index in [9.17, 15) is 23.3 Å². The summed E-state index contributed by atoms with van der Waals surface area (Å²) in [7, 11) is 0. The summed E-state index contributed by atoms with van der Waals surface area (Å²) in [6.45, 7) is 1.84. The summed E-state index contributed by atoms with van der Waals surface area (Å²) in [5, 5.41) is 20.0. The Labute approximate surface area is 197 Å². The zero-order valence-electron chi connectivity index (χ0n) is 17.7. The van der Waals surface area contributed by atoms with Crippen LogP contribution in [0, 0.1) is 17.0 Å². The highest BCUT2D eigenvalue weighted by Gasteiger charge is 2.38. The molecule has 0 radical (unpaired) electrons. The number of para-hydroxylation sites is 2. The van der Waals surface area contributed by atoms with Crippen molar-refractivity contribution in [3.8, 4) is 0 Å². The number of nitro benzene ring substituents is 1. The van der Waals surface area contributed by atoms with Crippen LogP contribution >= 0.6 is 11.8 Å². The first-order chi connectivity index (χ1) is 16.5. The molecule has 0 saturated heterocycles. The molecule has 3 heterocycles. The van der Waals surface area contributed by atoms with Gasteiger partial charge >= 0.3 is 12.1 Å². The highest BCUT2D eigenvalue weighted by atomic mass is 32.2. The summed E-state index contributed by atoms with van der Waals surface area (Å²) in [4.78, 5) is 36.3. The van der Waals surface area contributed by atoms with E-state index in [2.05, 4.69) is 19.9 Å². The summed E-state index contributed by atoms with van der Waals surface area (Å²) >= 11 is 1.45. The highest BCUT2D eigenvalue weighted by Crippen LogP contribution is 2.34. The standard InChI is InChI=1S/C19H13N5O3S.C2HF3O2/c1-10-20-16-11-5-2-3-8-14(11)27-18(16)19(21-10)28-9-15-22-12-6-4-7-13(24(25)26)17(12)23-15;3-2(4,5)1(6)7/h2-8H,9H2,1H3,(H,22,23);(H,6,7). The average molecular weight is 505 g/mol. The van der Waals surface area contributed by atoms with Crippen molar-refractivity contribution in [2.75, 3.05) is 0 Å². The second-order valence-corrected chi connectivity index (χ2v) is 8.02. The number of halogens is 3. The number of alkyl halides is 3. The van der Waals surface area contributed by atoms with Gasteiger partial charge in [-0.05, 0) is 25.1 Å². The Morgan fingerprint density at radius 1 is 1.14 bits per heavy atom. The number of hydrogen-bond donors (Lipinski definition) is 2. The van der Waals surface area contributed by atoms with E-state index >= 15 is 0 Å². The predicted octanol–water partition coefficient (Wildman–Crippen LogP) is 5.39. The quantitative estimate of drug-likeness (QED) is 0.142. The molecule has 0 aliphatic carbocycles. The molecule has 180 valence electrons. The molecule has 14 heteroatoms. The van der Waals surface area contributed by atoms with Crippen molar-refractivity contribution >= 4 is 56.5 Å². The van der Waals surface area contributed by atoms with Gasteiger partial charge in [-0.3, -0.25) is 10.1 Å². The van der Waals surface area contributed by atoms with Gasteiger partial charge in [0.05, 0.1) is 16.2 Å². The lowest BCUT2D eigenvalue weighted by Crippen LogP contribution is -2.21. The van der Waals surface area contributed by atoms with Crippen molar-refractivity contribution in [2.45, 2.75) is 23.9 Å². The Bertz CT molecular complexity index is 1580. The molecule has 0 amide bonds. The molecule has 10 nitrogen and oxygen atoms in total. The third-order valence-electron chi connectivity index (χ3n) is 4.63. The van der Waals surface area contributed by atoms with Gasteiger partial charge in [-0.25, -0.2) is 19.7 Å². The fourth-order valence-electron chi connectivity index (χ4n) is 3.19. The number of aromatic nitrogens is 4. The molecular formula is C21H14F3N5O5S. The second-order valence-electron chi connectivity index (χ2n) is 7.06. The number of non-ortho nitro benzene ring substituents is 1. The van der Waals surface area contributed by atoms with Crippen LogP contribution in [0.5, 0.6) is 0 Å². The van der Waals surface area contributed by atoms with Crippen molar-refractivity contribution < 1.29 is 32.4 Å². The maximum Gasteiger partial charge on any atom is 0.490 e. The molecule has 0 bridgehead atoms. The Balaban J connectivity index is 0.000000364. The number of imidazole rings is 1. The number of hydrogen-bond acceptors (Lipinski definition) is 8. The number of nitrogens with zero attached hydrogens (tertiary/aromatic N) is 4. The molecule has 5 rings (SSSR count). The molecule has 0 unspecified atom stereocenters. The van der Waals surface area contributed by atoms with Crippen molar-refractivity contribution in [3.63, 3.8) is 0 Å². The van der Waals surface area contributed by atoms with Crippen LogP contribution in [0.25, 0.3) is 33.1 Å². The van der Waals surface area contributed by atoms with Crippen LogP contribution in [0.3, 0.4) is 0 Å². The number of thioether (sulfide) groups is 1. The monoisotopic (exact) mass is 505 g/mol. The van der Waals surface area contributed by atoms with Crippen LogP contribution in [0.1, 0.15) is 11.6 Å². The fraction of sp³-hybridized carbons (Fsp3) is 0.143. The van der Waals surface area contributed by atoms with Crippen molar-refractivity contribution in [2.24, 2.45) is 0 Å². The minimum absolute atomic E-state index is 0.0115. The van der Waals surface area contributed by atoms with Crippen molar-refractivity contribution in [1.29, 1.82) is 0 Å². The van der Waals surface area contributed by atoms with E-state index in [1.807, 2.05) is 31.2 Å². The van der Waals surface area contributed by atoms with E-state index in [0.717, 1.165) is 16.5 Å². The number of furan rings is 1. The van der Waals surface area contributed by atoms with Crippen LogP contribution in [-0.4, -0.2) is 42.1 Å². The molecule has 2 N–H and O–H groups in total. The van der Waals surface area contributed by atoms with Crippen LogP contribution in [0.2, 0.25) is 0 Å². The van der Waals surface area contributed by atoms with Gasteiger partial charge in [-0.15, -0.1) is 0 Å². The van der Waals surface area contributed by atoms with E-state index in [-0.39, 0.29) is 5.69 Å². The smallest absolute Gasteiger partial charge is 0.475 e. The summed E-state index contributed by atoms with van der Waals surface area (Å²) < 4.78 is 37.7. The van der Waals surface area contributed by atoms with Crippen LogP contribution in [0.15, 0.2) is 51.9 Å². The minimum atomic E-state index is -5.08. The molecule has 0 fully saturated rings. The van der Waals surface area contributed by atoms with Gasteiger partial charge in [0, 0.05) is 11.5 Å². The Kier molecular flexibility index (Phi) is 6.30. The number of carboxylic acid groups (broad SMARTS) is 1. The molecule has 0 atom stereocenters. The third kappa shape index (κ3) is 5.01. The number of nitro groups is 1. The third-order valence-corrected chi connectivity index (χ3v) is 5.59. The largest absolute Gasteiger partial charge is 0.490 e. The van der Waals surface area contributed by atoms with Gasteiger partial charge in [-0.1, -0.05) is 30.0 Å². The van der Waals surface area contributed by atoms with Gasteiger partial charge in [0.25, 0.3) is 5.69 Å². The summed E-state index contributed by atoms with van der Waals surface area (Å²) in [6.07, 6.45) is -5.08. The molecule has 5 aromatic rings. The number of fused-ring (bicyclic) bond motifs is 4. The molecule has 2 aromatic carbocycles. The SMILES string of the molecule is Cc1nc(SCc2nc3c([N+](=O)[O-])cccc3[nH]2)c2oc3ccccc3c2n1.O=C(O)C(F)(F)F. The Morgan fingerprint density at radius 3 is 2.54 bits per heavy atom. The van der Waals surface area contributed by atoms with E-state index in [1.165, 1.54) is 17.8 Å². The van der Waals surface area contributed by atoms with Gasteiger partial charge in [0.15, 0.2) is 11.1 Å².